The number of imide groups is 1. The summed E-state index contributed by atoms with van der Waals surface area (Å²) < 4.78 is 95.6. The second kappa shape index (κ2) is 8.12. The van der Waals surface area contributed by atoms with E-state index in [1.807, 2.05) is 0 Å². The molecule has 1 heterocycles. The normalized spacial score (nSPS) is 30.2. The summed E-state index contributed by atoms with van der Waals surface area (Å²) in [4.78, 5) is 24.8. The van der Waals surface area contributed by atoms with Crippen LogP contribution in [0, 0.1) is 5.41 Å². The number of alkyl halides is 6. The summed E-state index contributed by atoms with van der Waals surface area (Å²) in [7, 11) is 0. The third kappa shape index (κ3) is 4.49. The Hall–Kier alpha value is -2.26. The van der Waals surface area contributed by atoms with Gasteiger partial charge in [-0.25, -0.2) is 0 Å². The van der Waals surface area contributed by atoms with Crippen molar-refractivity contribution in [3.05, 3.63) is 11.8 Å². The smallest absolute Gasteiger partial charge is 0.421 e. The molecule has 0 radical (unpaired) electrons. The van der Waals surface area contributed by atoms with Gasteiger partial charge in [0.2, 0.25) is 17.7 Å². The minimum atomic E-state index is -4.93. The van der Waals surface area contributed by atoms with Crippen LogP contribution in [0.3, 0.4) is 0 Å². The Balaban J connectivity index is 1.14. The molecule has 0 unspecified atom stereocenters. The minimum Gasteiger partial charge on any atom is -0.421 e. The monoisotopic (exact) mass is 527 g/mol. The first-order chi connectivity index (χ1) is 16.7. The lowest BCUT2D eigenvalue weighted by atomic mass is 9.34. The minimum absolute atomic E-state index is 0.0261. The van der Waals surface area contributed by atoms with E-state index in [-0.39, 0.29) is 56.7 Å². The third-order valence-electron chi connectivity index (χ3n) is 7.64. The van der Waals surface area contributed by atoms with Crippen LogP contribution >= 0.6 is 0 Å². The summed E-state index contributed by atoms with van der Waals surface area (Å²) in [6.45, 7) is -0.780. The Kier molecular flexibility index (Phi) is 5.73. The van der Waals surface area contributed by atoms with Crippen molar-refractivity contribution in [1.82, 2.24) is 15.5 Å². The number of amides is 2. The number of nitrogens with one attached hydrogen (secondary N) is 1. The number of halogens is 6. The SMILES string of the molecule is O=C(COC1(OC(F)(F)F)CCCC1)NC(=O)C12CC(c3nnc(C4(OC(F)(F)F)CCC4)o3)(C1)C2. The molecule has 0 aromatic carbocycles. The fraction of sp³-hybridized carbons (Fsp3) is 0.810. The number of rotatable bonds is 8. The average Bonchev–Trinajstić information content (AvgIpc) is 3.30. The van der Waals surface area contributed by atoms with Crippen LogP contribution < -0.4 is 5.32 Å². The molecule has 1 aromatic heterocycles. The van der Waals surface area contributed by atoms with Crippen molar-refractivity contribution in [2.75, 3.05) is 6.61 Å². The molecule has 1 aromatic rings. The summed E-state index contributed by atoms with van der Waals surface area (Å²) in [6.07, 6.45) is -7.51. The molecule has 0 aliphatic heterocycles. The maximum atomic E-state index is 12.8. The topological polar surface area (TPSA) is 113 Å². The molecule has 5 aliphatic rings. The predicted molar refractivity (Wildman–Crippen MR) is 102 cm³/mol. The largest absolute Gasteiger partial charge is 0.524 e. The van der Waals surface area contributed by atoms with Crippen LogP contribution in [-0.4, -0.2) is 47.1 Å². The molecule has 36 heavy (non-hydrogen) atoms. The lowest BCUT2D eigenvalue weighted by Gasteiger charge is -2.67. The van der Waals surface area contributed by atoms with Crippen LogP contribution in [0.2, 0.25) is 0 Å². The first-order valence-corrected chi connectivity index (χ1v) is 11.5. The lowest BCUT2D eigenvalue weighted by molar-refractivity contribution is -0.414. The van der Waals surface area contributed by atoms with E-state index in [2.05, 4.69) is 25.0 Å². The molecule has 9 nitrogen and oxygen atoms in total. The van der Waals surface area contributed by atoms with E-state index in [1.165, 1.54) is 0 Å². The zero-order chi connectivity index (χ0) is 26.0. The van der Waals surface area contributed by atoms with Gasteiger partial charge in [0.25, 0.3) is 5.91 Å². The van der Waals surface area contributed by atoms with E-state index >= 15 is 0 Å². The van der Waals surface area contributed by atoms with E-state index in [0.717, 1.165) is 0 Å². The summed E-state index contributed by atoms with van der Waals surface area (Å²) in [6, 6.07) is 0. The number of ether oxygens (including phenoxy) is 3. The Bertz CT molecular complexity index is 1020. The highest BCUT2D eigenvalue weighted by Crippen LogP contribution is 2.73. The second-order valence-electron chi connectivity index (χ2n) is 10.2. The van der Waals surface area contributed by atoms with Crippen molar-refractivity contribution >= 4 is 11.8 Å². The van der Waals surface area contributed by atoms with Gasteiger partial charge in [0.1, 0.15) is 6.61 Å². The zero-order valence-corrected chi connectivity index (χ0v) is 18.9. The second-order valence-corrected chi connectivity index (χ2v) is 10.2. The Morgan fingerprint density at radius 3 is 1.97 bits per heavy atom. The number of carbonyl (C=O) groups is 2. The number of aromatic nitrogens is 2. The highest BCUT2D eigenvalue weighted by Gasteiger charge is 2.74. The van der Waals surface area contributed by atoms with Crippen LogP contribution in [0.25, 0.3) is 0 Å². The van der Waals surface area contributed by atoms with E-state index in [1.54, 1.807) is 0 Å². The molecule has 5 fully saturated rings. The molecule has 2 amide bonds. The van der Waals surface area contributed by atoms with Crippen molar-refractivity contribution < 1.29 is 54.6 Å². The predicted octanol–water partition coefficient (Wildman–Crippen LogP) is 3.87. The van der Waals surface area contributed by atoms with Crippen molar-refractivity contribution in [3.63, 3.8) is 0 Å². The van der Waals surface area contributed by atoms with Crippen molar-refractivity contribution in [2.45, 2.75) is 93.7 Å². The fourth-order valence-corrected chi connectivity index (χ4v) is 5.85. The van der Waals surface area contributed by atoms with Crippen LogP contribution in [-0.2, 0) is 34.8 Å². The van der Waals surface area contributed by atoms with Crippen LogP contribution in [0.1, 0.15) is 76.0 Å². The number of hydrogen-bond acceptors (Lipinski definition) is 8. The number of hydrogen-bond donors (Lipinski definition) is 1. The maximum Gasteiger partial charge on any atom is 0.524 e. The molecule has 200 valence electrons. The molecule has 6 rings (SSSR count). The highest BCUT2D eigenvalue weighted by atomic mass is 19.4. The summed E-state index contributed by atoms with van der Waals surface area (Å²) in [5.41, 5.74) is -3.25. The van der Waals surface area contributed by atoms with Gasteiger partial charge in [-0.15, -0.1) is 36.5 Å². The Morgan fingerprint density at radius 1 is 0.861 bits per heavy atom. The highest BCUT2D eigenvalue weighted by molar-refractivity contribution is 6.00. The van der Waals surface area contributed by atoms with Gasteiger partial charge in [0, 0.05) is 12.8 Å². The van der Waals surface area contributed by atoms with Gasteiger partial charge >= 0.3 is 12.7 Å². The molecule has 5 aliphatic carbocycles. The van der Waals surface area contributed by atoms with Crippen molar-refractivity contribution in [1.29, 1.82) is 0 Å². The molecular weight excluding hydrogens is 504 g/mol. The van der Waals surface area contributed by atoms with Gasteiger partial charge in [-0.3, -0.25) is 24.4 Å². The van der Waals surface area contributed by atoms with E-state index in [9.17, 15) is 35.9 Å². The molecule has 1 N–H and O–H groups in total. The lowest BCUT2D eigenvalue weighted by Crippen LogP contribution is -2.70. The van der Waals surface area contributed by atoms with Gasteiger partial charge in [-0.2, -0.15) is 0 Å². The fourth-order valence-electron chi connectivity index (χ4n) is 5.85. The quantitative estimate of drug-likeness (QED) is 0.401. The van der Waals surface area contributed by atoms with E-state index in [0.29, 0.717) is 19.3 Å². The van der Waals surface area contributed by atoms with Crippen LogP contribution in [0.15, 0.2) is 4.42 Å². The van der Waals surface area contributed by atoms with Crippen molar-refractivity contribution in [3.8, 4) is 0 Å². The molecule has 0 saturated heterocycles. The van der Waals surface area contributed by atoms with E-state index < -0.39 is 53.4 Å². The summed E-state index contributed by atoms with van der Waals surface area (Å²) >= 11 is 0. The average molecular weight is 527 g/mol. The van der Waals surface area contributed by atoms with Gasteiger partial charge in [0.05, 0.1) is 10.8 Å². The van der Waals surface area contributed by atoms with Gasteiger partial charge < -0.3 is 9.15 Å². The van der Waals surface area contributed by atoms with Gasteiger partial charge in [-0.05, 0) is 51.4 Å². The van der Waals surface area contributed by atoms with Crippen LogP contribution in [0.5, 0.6) is 0 Å². The van der Waals surface area contributed by atoms with Gasteiger partial charge in [0.15, 0.2) is 11.4 Å². The molecule has 0 atom stereocenters. The number of nitrogens with zero attached hydrogens (tertiary/aromatic N) is 2. The summed E-state index contributed by atoms with van der Waals surface area (Å²) in [5, 5.41) is 9.83. The zero-order valence-electron chi connectivity index (χ0n) is 18.9. The maximum absolute atomic E-state index is 12.8. The number of carbonyl (C=O) groups excluding carboxylic acids is 2. The third-order valence-corrected chi connectivity index (χ3v) is 7.64. The molecule has 5 saturated carbocycles. The first-order valence-electron chi connectivity index (χ1n) is 11.5. The van der Waals surface area contributed by atoms with Crippen LogP contribution in [0.4, 0.5) is 26.3 Å². The first kappa shape index (κ1) is 25.4. The van der Waals surface area contributed by atoms with Crippen molar-refractivity contribution in [2.24, 2.45) is 5.41 Å². The van der Waals surface area contributed by atoms with Gasteiger partial charge in [-0.1, -0.05) is 0 Å². The summed E-state index contributed by atoms with van der Waals surface area (Å²) in [5.74, 6) is -3.58. The molecule has 0 spiro atoms. The Morgan fingerprint density at radius 2 is 1.44 bits per heavy atom. The molecular formula is C21H23F6N3O6. The molecule has 2 bridgehead atoms. The molecule has 15 heteroatoms. The standard InChI is InChI=1S/C21H23F6N3O6/c22-20(23,24)35-18(4-3-5-18)15-30-29-14(34-15)17-9-16(10-17,11-17)13(32)28-12(31)8-33-19(6-1-2-7-19)36-21(25,26)27/h1-11H2,(H,28,31,32). The Labute approximate surface area is 200 Å². The van der Waals surface area contributed by atoms with E-state index in [4.69, 9.17) is 9.15 Å².